The Balaban J connectivity index is 1.82. The third kappa shape index (κ3) is 4.11. The maximum absolute atomic E-state index is 4.43. The Kier molecular flexibility index (Phi) is 4.88. The van der Waals surface area contributed by atoms with Crippen molar-refractivity contribution >= 4 is 23.4 Å². The maximum Gasteiger partial charge on any atom is 0.158 e. The molecule has 23 heavy (non-hydrogen) atoms. The fourth-order valence-corrected chi connectivity index (χ4v) is 2.08. The van der Waals surface area contributed by atoms with Gasteiger partial charge in [0.05, 0.1) is 17.1 Å². The molecule has 0 heterocycles. The highest BCUT2D eigenvalue weighted by Crippen LogP contribution is 2.24. The third-order valence-electron chi connectivity index (χ3n) is 3.15. The first-order valence-electron chi connectivity index (χ1n) is 7.32. The smallest absolute Gasteiger partial charge is 0.158 e. The molecule has 0 saturated carbocycles. The minimum atomic E-state index is 0.796. The summed E-state index contributed by atoms with van der Waals surface area (Å²) in [5.41, 5.74) is 2.72. The van der Waals surface area contributed by atoms with Gasteiger partial charge in [0.25, 0.3) is 0 Å². The van der Waals surface area contributed by atoms with E-state index in [2.05, 4.69) is 15.3 Å². The van der Waals surface area contributed by atoms with Gasteiger partial charge in [0.2, 0.25) is 0 Å². The highest BCUT2D eigenvalue weighted by Gasteiger charge is 2.05. The number of azo groups is 1. The van der Waals surface area contributed by atoms with Crippen LogP contribution in [-0.2, 0) is 0 Å². The van der Waals surface area contributed by atoms with E-state index < -0.39 is 0 Å². The van der Waals surface area contributed by atoms with Crippen molar-refractivity contribution in [2.45, 2.75) is 0 Å². The van der Waals surface area contributed by atoms with E-state index in [4.69, 9.17) is 0 Å². The zero-order valence-electron chi connectivity index (χ0n) is 12.5. The summed E-state index contributed by atoms with van der Waals surface area (Å²) < 4.78 is 0. The quantitative estimate of drug-likeness (QED) is 0.263. The summed E-state index contributed by atoms with van der Waals surface area (Å²) in [6.45, 7) is 0. The van der Waals surface area contributed by atoms with E-state index in [1.807, 2.05) is 96.0 Å². The van der Waals surface area contributed by atoms with E-state index in [1.54, 1.807) is 0 Å². The van der Waals surface area contributed by atoms with Crippen molar-refractivity contribution in [3.63, 3.8) is 0 Å². The predicted molar refractivity (Wildman–Crippen MR) is 94.5 cm³/mol. The van der Waals surface area contributed by atoms with Gasteiger partial charge in [0, 0.05) is 0 Å². The van der Waals surface area contributed by atoms with Crippen molar-refractivity contribution in [1.29, 1.82) is 0 Å². The van der Waals surface area contributed by atoms with Crippen LogP contribution in [0.25, 0.3) is 0 Å². The van der Waals surface area contributed by atoms with Crippen LogP contribution < -0.4 is 5.01 Å². The molecule has 0 atom stereocenters. The Hall–Kier alpha value is -3.27. The van der Waals surface area contributed by atoms with Gasteiger partial charge in [-0.2, -0.15) is 5.10 Å². The Labute approximate surface area is 135 Å². The number of anilines is 2. The van der Waals surface area contributed by atoms with E-state index in [-0.39, 0.29) is 0 Å². The van der Waals surface area contributed by atoms with Crippen LogP contribution in [0.5, 0.6) is 0 Å². The van der Waals surface area contributed by atoms with Crippen molar-refractivity contribution in [3.05, 3.63) is 91.0 Å². The van der Waals surface area contributed by atoms with E-state index in [0.29, 0.717) is 0 Å². The lowest BCUT2D eigenvalue weighted by atomic mass is 10.2. The van der Waals surface area contributed by atoms with Crippen molar-refractivity contribution in [1.82, 2.24) is 0 Å². The minimum absolute atomic E-state index is 0.796. The van der Waals surface area contributed by atoms with Crippen LogP contribution in [0.1, 0.15) is 0 Å². The van der Waals surface area contributed by atoms with E-state index in [9.17, 15) is 0 Å². The van der Waals surface area contributed by atoms with Gasteiger partial charge in [-0.05, 0) is 36.4 Å². The molecule has 0 unspecified atom stereocenters. The normalized spacial score (nSPS) is 11.1. The molecule has 0 bridgehead atoms. The van der Waals surface area contributed by atoms with Crippen molar-refractivity contribution in [2.24, 2.45) is 15.3 Å². The minimum Gasteiger partial charge on any atom is -0.232 e. The molecule has 0 amide bonds. The van der Waals surface area contributed by atoms with Crippen molar-refractivity contribution < 1.29 is 0 Å². The first-order valence-corrected chi connectivity index (χ1v) is 7.32. The van der Waals surface area contributed by atoms with Crippen LogP contribution in [0.15, 0.2) is 106 Å². The number of hydrogen-bond donors (Lipinski definition) is 0. The van der Waals surface area contributed by atoms with Crippen LogP contribution in [0.4, 0.5) is 17.1 Å². The number of nitrogens with zero attached hydrogens (tertiary/aromatic N) is 4. The number of benzene rings is 3. The van der Waals surface area contributed by atoms with Gasteiger partial charge >= 0.3 is 0 Å². The Morgan fingerprint density at radius 2 is 1.09 bits per heavy atom. The molecule has 3 aromatic rings. The van der Waals surface area contributed by atoms with Gasteiger partial charge in [0.1, 0.15) is 0 Å². The van der Waals surface area contributed by atoms with Crippen molar-refractivity contribution in [3.8, 4) is 0 Å². The molecule has 0 N–H and O–H groups in total. The highest BCUT2D eigenvalue weighted by atomic mass is 15.5. The summed E-state index contributed by atoms with van der Waals surface area (Å²) in [5.74, 6) is 0. The van der Waals surface area contributed by atoms with Gasteiger partial charge < -0.3 is 0 Å². The fourth-order valence-electron chi connectivity index (χ4n) is 2.08. The summed E-state index contributed by atoms with van der Waals surface area (Å²) in [4.78, 5) is 0. The molecule has 0 radical (unpaired) electrons. The lowest BCUT2D eigenvalue weighted by Gasteiger charge is -2.18. The van der Waals surface area contributed by atoms with Gasteiger partial charge in [-0.25, -0.2) is 5.01 Å². The molecule has 4 nitrogen and oxygen atoms in total. The SMILES string of the molecule is C(=NN(c1ccccc1)c1ccccc1)N=Nc1ccccc1. The van der Waals surface area contributed by atoms with E-state index in [0.717, 1.165) is 17.1 Å². The molecule has 3 aromatic carbocycles. The zero-order valence-corrected chi connectivity index (χ0v) is 12.5. The molecule has 0 saturated heterocycles. The predicted octanol–water partition coefficient (Wildman–Crippen LogP) is 5.55. The van der Waals surface area contributed by atoms with Crippen LogP contribution in [0, 0.1) is 0 Å². The average Bonchev–Trinajstić information content (AvgIpc) is 2.64. The first kappa shape index (κ1) is 14.7. The Morgan fingerprint density at radius 1 is 0.609 bits per heavy atom. The molecule has 3 rings (SSSR count). The molecule has 0 aromatic heterocycles. The maximum atomic E-state index is 4.43. The fraction of sp³-hybridized carbons (Fsp3) is 0. The Morgan fingerprint density at radius 3 is 1.61 bits per heavy atom. The molecule has 0 fully saturated rings. The lowest BCUT2D eigenvalue weighted by Crippen LogP contribution is -2.08. The second-order valence-electron chi connectivity index (χ2n) is 4.76. The monoisotopic (exact) mass is 300 g/mol. The number of para-hydroxylation sites is 2. The summed E-state index contributed by atoms with van der Waals surface area (Å²) in [6, 6.07) is 29.4. The number of rotatable bonds is 5. The Bertz CT molecular complexity index is 729. The second-order valence-corrected chi connectivity index (χ2v) is 4.76. The topological polar surface area (TPSA) is 40.3 Å². The van der Waals surface area contributed by atoms with Crippen molar-refractivity contribution in [2.75, 3.05) is 5.01 Å². The summed E-state index contributed by atoms with van der Waals surface area (Å²) in [6.07, 6.45) is 1.45. The molecule has 4 heteroatoms. The van der Waals surface area contributed by atoms with Gasteiger partial charge in [-0.15, -0.1) is 10.2 Å². The highest BCUT2D eigenvalue weighted by molar-refractivity contribution is 5.67. The van der Waals surface area contributed by atoms with Crippen LogP contribution in [0.3, 0.4) is 0 Å². The molecule has 0 aliphatic carbocycles. The molecular weight excluding hydrogens is 284 g/mol. The molecule has 0 aliphatic heterocycles. The summed E-state index contributed by atoms with van der Waals surface area (Å²) in [5, 5.41) is 14.4. The van der Waals surface area contributed by atoms with E-state index >= 15 is 0 Å². The number of hydrazone groups is 1. The van der Waals surface area contributed by atoms with Crippen LogP contribution in [0.2, 0.25) is 0 Å². The average molecular weight is 300 g/mol. The summed E-state index contributed by atoms with van der Waals surface area (Å²) in [7, 11) is 0. The molecule has 112 valence electrons. The van der Waals surface area contributed by atoms with Gasteiger partial charge in [-0.1, -0.05) is 54.6 Å². The lowest BCUT2D eigenvalue weighted by molar-refractivity contribution is 1.08. The third-order valence-corrected chi connectivity index (χ3v) is 3.15. The van der Waals surface area contributed by atoms with E-state index in [1.165, 1.54) is 6.34 Å². The van der Waals surface area contributed by atoms with Gasteiger partial charge in [-0.3, -0.25) is 0 Å². The van der Waals surface area contributed by atoms with Crippen LogP contribution >= 0.6 is 0 Å². The largest absolute Gasteiger partial charge is 0.232 e. The first-order chi connectivity index (χ1) is 11.4. The zero-order chi connectivity index (χ0) is 15.7. The van der Waals surface area contributed by atoms with Gasteiger partial charge in [0.15, 0.2) is 6.34 Å². The number of hydrogen-bond acceptors (Lipinski definition) is 3. The molecular formula is C19H16N4. The molecule has 0 aliphatic rings. The second kappa shape index (κ2) is 7.66. The molecule has 0 spiro atoms. The summed E-state index contributed by atoms with van der Waals surface area (Å²) >= 11 is 0. The standard InChI is InChI=1S/C19H16N4/c1-4-10-17(11-5-1)22-20-16-21-23(18-12-6-2-7-13-18)19-14-8-3-9-15-19/h1-16H. The van der Waals surface area contributed by atoms with Crippen LogP contribution in [-0.4, -0.2) is 6.34 Å².